The van der Waals surface area contributed by atoms with Crippen LogP contribution in [0, 0.1) is 18.3 Å². The zero-order valence-electron chi connectivity index (χ0n) is 22.1. The molecular weight excluding hydrogens is 466 g/mol. The Morgan fingerprint density at radius 1 is 0.842 bits per heavy atom. The number of nitrogens with zero attached hydrogens (tertiary/aromatic N) is 5. The van der Waals surface area contributed by atoms with Crippen LogP contribution < -0.4 is 4.90 Å². The van der Waals surface area contributed by atoms with Gasteiger partial charge in [0.1, 0.15) is 11.9 Å². The smallest absolute Gasteiger partial charge is 0.157 e. The molecule has 5 heteroatoms. The van der Waals surface area contributed by atoms with Crippen molar-refractivity contribution < 1.29 is 0 Å². The second kappa shape index (κ2) is 10.3. The molecule has 1 fully saturated rings. The number of imidazole rings is 1. The van der Waals surface area contributed by atoms with Gasteiger partial charge in [-0.1, -0.05) is 86.1 Å². The first-order valence-electron chi connectivity index (χ1n) is 13.6. The Kier molecular flexibility index (Phi) is 6.57. The number of rotatable bonds is 6. The van der Waals surface area contributed by atoms with Crippen molar-refractivity contribution in [2.24, 2.45) is 0 Å². The van der Waals surface area contributed by atoms with Crippen LogP contribution in [0.4, 0.5) is 5.82 Å². The largest absolute Gasteiger partial charge is 0.355 e. The number of anilines is 1. The molecule has 0 saturated carbocycles. The average Bonchev–Trinajstić information content (AvgIpc) is 3.34. The number of hydrogen-bond acceptors (Lipinski definition) is 4. The third kappa shape index (κ3) is 4.12. The first-order chi connectivity index (χ1) is 18.7. The number of hydrogen-bond donors (Lipinski definition) is 0. The second-order valence-electron chi connectivity index (χ2n) is 10.2. The Morgan fingerprint density at radius 2 is 1.45 bits per heavy atom. The maximum Gasteiger partial charge on any atom is 0.157 e. The van der Waals surface area contributed by atoms with Crippen molar-refractivity contribution in [3.8, 4) is 6.07 Å². The number of nitriles is 1. The van der Waals surface area contributed by atoms with Gasteiger partial charge >= 0.3 is 0 Å². The van der Waals surface area contributed by atoms with Crippen molar-refractivity contribution in [1.82, 2.24) is 14.3 Å². The van der Waals surface area contributed by atoms with E-state index in [0.717, 1.165) is 61.3 Å². The molecule has 5 aromatic rings. The van der Waals surface area contributed by atoms with Gasteiger partial charge in [0, 0.05) is 26.2 Å². The van der Waals surface area contributed by atoms with Gasteiger partial charge < -0.3 is 4.90 Å². The summed E-state index contributed by atoms with van der Waals surface area (Å²) in [6, 6.07) is 32.7. The fourth-order valence-corrected chi connectivity index (χ4v) is 6.12. The molecule has 0 spiro atoms. The van der Waals surface area contributed by atoms with Gasteiger partial charge in [-0.05, 0) is 47.7 Å². The van der Waals surface area contributed by atoms with Gasteiger partial charge in [0.25, 0.3) is 0 Å². The van der Waals surface area contributed by atoms with Crippen LogP contribution in [0.3, 0.4) is 0 Å². The van der Waals surface area contributed by atoms with E-state index in [9.17, 15) is 5.26 Å². The van der Waals surface area contributed by atoms with Crippen LogP contribution >= 0.6 is 0 Å². The molecule has 1 saturated heterocycles. The van der Waals surface area contributed by atoms with E-state index in [1.807, 2.05) is 12.1 Å². The number of benzene rings is 3. The number of para-hydroxylation sites is 2. The molecule has 5 nitrogen and oxygen atoms in total. The van der Waals surface area contributed by atoms with Crippen molar-refractivity contribution >= 4 is 22.5 Å². The normalized spacial score (nSPS) is 14.4. The standard InChI is InChI=1S/C33H33N5/c1-3-12-27-24(2)28(23-34)32-35-29-17-10-11-18-30(29)38(32)33(27)37-21-19-36(20-22-37)31(25-13-6-4-7-14-25)26-15-8-5-9-16-26/h4-11,13-18,31H,3,12,19-22H2,1-2H3. The van der Waals surface area contributed by atoms with Gasteiger partial charge in [0.15, 0.2) is 5.65 Å². The molecule has 3 heterocycles. The summed E-state index contributed by atoms with van der Waals surface area (Å²) in [5.74, 6) is 1.21. The predicted molar refractivity (Wildman–Crippen MR) is 155 cm³/mol. The van der Waals surface area contributed by atoms with Gasteiger partial charge in [-0.2, -0.15) is 5.26 Å². The molecule has 0 aliphatic carbocycles. The lowest BCUT2D eigenvalue weighted by Gasteiger charge is -2.41. The van der Waals surface area contributed by atoms with Crippen LogP contribution in [0.5, 0.6) is 0 Å². The zero-order valence-corrected chi connectivity index (χ0v) is 22.1. The summed E-state index contributed by atoms with van der Waals surface area (Å²) in [6.07, 6.45) is 1.97. The van der Waals surface area contributed by atoms with E-state index in [1.54, 1.807) is 0 Å². The minimum atomic E-state index is 0.228. The molecule has 0 N–H and O–H groups in total. The van der Waals surface area contributed by atoms with Gasteiger partial charge in [0.05, 0.1) is 22.6 Å². The molecule has 1 aliphatic heterocycles. The van der Waals surface area contributed by atoms with Crippen LogP contribution in [0.25, 0.3) is 16.7 Å². The molecule has 0 amide bonds. The highest BCUT2D eigenvalue weighted by Crippen LogP contribution is 2.36. The fraction of sp³-hybridized carbons (Fsp3) is 0.273. The van der Waals surface area contributed by atoms with Gasteiger partial charge in [0.2, 0.25) is 0 Å². The first-order valence-corrected chi connectivity index (χ1v) is 13.6. The highest BCUT2D eigenvalue weighted by Gasteiger charge is 2.30. The summed E-state index contributed by atoms with van der Waals surface area (Å²) < 4.78 is 2.26. The molecule has 0 unspecified atom stereocenters. The number of pyridine rings is 1. The van der Waals surface area contributed by atoms with Crippen molar-refractivity contribution in [1.29, 1.82) is 5.26 Å². The Labute approximate surface area is 224 Å². The van der Waals surface area contributed by atoms with E-state index in [1.165, 1.54) is 22.5 Å². The molecule has 0 radical (unpaired) electrons. The average molecular weight is 500 g/mol. The van der Waals surface area contributed by atoms with Gasteiger partial charge in [-0.25, -0.2) is 4.98 Å². The summed E-state index contributed by atoms with van der Waals surface area (Å²) in [5, 5.41) is 10.1. The molecule has 1 aliphatic rings. The third-order valence-electron chi connectivity index (χ3n) is 7.92. The highest BCUT2D eigenvalue weighted by molar-refractivity contribution is 5.86. The Bertz CT molecular complexity index is 1570. The lowest BCUT2D eigenvalue weighted by atomic mass is 9.96. The highest BCUT2D eigenvalue weighted by atomic mass is 15.3. The van der Waals surface area contributed by atoms with Crippen LogP contribution in [0.2, 0.25) is 0 Å². The van der Waals surface area contributed by atoms with Crippen LogP contribution in [-0.4, -0.2) is 40.5 Å². The van der Waals surface area contributed by atoms with Crippen molar-refractivity contribution in [3.63, 3.8) is 0 Å². The Hall–Kier alpha value is -4.14. The quantitative estimate of drug-likeness (QED) is 0.266. The van der Waals surface area contributed by atoms with E-state index in [4.69, 9.17) is 4.98 Å². The van der Waals surface area contributed by atoms with Crippen molar-refractivity contribution in [2.75, 3.05) is 31.1 Å². The van der Waals surface area contributed by atoms with Gasteiger partial charge in [-0.15, -0.1) is 0 Å². The summed E-state index contributed by atoms with van der Waals surface area (Å²) in [6.45, 7) is 8.05. The molecule has 190 valence electrons. The molecule has 0 bridgehead atoms. The predicted octanol–water partition coefficient (Wildman–Crippen LogP) is 6.53. The van der Waals surface area contributed by atoms with E-state index < -0.39 is 0 Å². The maximum atomic E-state index is 10.1. The summed E-state index contributed by atoms with van der Waals surface area (Å²) in [7, 11) is 0. The van der Waals surface area contributed by atoms with Crippen LogP contribution in [0.15, 0.2) is 84.9 Å². The molecule has 6 rings (SSSR count). The SMILES string of the molecule is CCCc1c(C)c(C#N)c2nc3ccccc3n2c1N1CCN(C(c2ccccc2)c2ccccc2)CC1. The minimum absolute atomic E-state index is 0.228. The summed E-state index contributed by atoms with van der Waals surface area (Å²) >= 11 is 0. The van der Waals surface area contributed by atoms with Crippen LogP contribution in [-0.2, 0) is 6.42 Å². The monoisotopic (exact) mass is 499 g/mol. The van der Waals surface area contributed by atoms with E-state index in [-0.39, 0.29) is 6.04 Å². The second-order valence-corrected chi connectivity index (χ2v) is 10.2. The zero-order chi connectivity index (χ0) is 26.1. The molecule has 3 aromatic carbocycles. The van der Waals surface area contributed by atoms with E-state index in [0.29, 0.717) is 5.56 Å². The summed E-state index contributed by atoms with van der Waals surface area (Å²) in [4.78, 5) is 10.1. The molecule has 0 atom stereocenters. The molecular formula is C33H33N5. The lowest BCUT2D eigenvalue weighted by Crippen LogP contribution is -2.48. The number of fused-ring (bicyclic) bond motifs is 3. The molecule has 38 heavy (non-hydrogen) atoms. The number of piperazine rings is 1. The Balaban J connectivity index is 1.42. The van der Waals surface area contributed by atoms with Crippen molar-refractivity contribution in [3.05, 3.63) is 113 Å². The van der Waals surface area contributed by atoms with E-state index >= 15 is 0 Å². The summed E-state index contributed by atoms with van der Waals surface area (Å²) in [5.41, 5.74) is 8.48. The maximum absolute atomic E-state index is 10.1. The first kappa shape index (κ1) is 24.2. The van der Waals surface area contributed by atoms with Gasteiger partial charge in [-0.3, -0.25) is 9.30 Å². The van der Waals surface area contributed by atoms with Crippen LogP contribution in [0.1, 0.15) is 47.2 Å². The third-order valence-corrected chi connectivity index (χ3v) is 7.92. The topological polar surface area (TPSA) is 47.6 Å². The number of aromatic nitrogens is 2. The minimum Gasteiger partial charge on any atom is -0.355 e. The van der Waals surface area contributed by atoms with E-state index in [2.05, 4.69) is 107 Å². The lowest BCUT2D eigenvalue weighted by molar-refractivity contribution is 0.211. The fourth-order valence-electron chi connectivity index (χ4n) is 6.12. The van der Waals surface area contributed by atoms with Crippen molar-refractivity contribution in [2.45, 2.75) is 32.7 Å². The molecule has 2 aromatic heterocycles. The Morgan fingerprint density at radius 3 is 2.05 bits per heavy atom.